The average molecular weight is 500 g/mol. The molecule has 14 heteroatoms. The second-order valence-electron chi connectivity index (χ2n) is 7.76. The minimum Gasteiger partial charge on any atom is -0.480 e. The Morgan fingerprint density at radius 3 is 2.69 bits per heavy atom. The predicted octanol–water partition coefficient (Wildman–Crippen LogP) is 4.02. The second-order valence-corrected chi connectivity index (χ2v) is 9.64. The third kappa shape index (κ3) is 3.66. The van der Waals surface area contributed by atoms with Crippen LogP contribution < -0.4 is 0 Å². The van der Waals surface area contributed by atoms with Crippen molar-refractivity contribution in [1.29, 1.82) is 0 Å². The third-order valence-corrected chi connectivity index (χ3v) is 6.96. The van der Waals surface area contributed by atoms with Crippen molar-refractivity contribution in [3.63, 3.8) is 0 Å². The first-order valence-corrected chi connectivity index (χ1v) is 11.4. The highest BCUT2D eigenvalue weighted by atomic mass is 35.5. The zero-order chi connectivity index (χ0) is 23.4. The van der Waals surface area contributed by atoms with Gasteiger partial charge in [0.1, 0.15) is 11.8 Å². The Morgan fingerprint density at radius 2 is 2.06 bits per heavy atom. The molecule has 0 aliphatic carbocycles. The molecule has 3 aromatic rings. The molecule has 3 heterocycles. The second kappa shape index (κ2) is 8.10. The van der Waals surface area contributed by atoms with Crippen molar-refractivity contribution in [3.05, 3.63) is 27.9 Å². The number of carboxylic acids is 1. The lowest BCUT2D eigenvalue weighted by atomic mass is 10.1. The maximum Gasteiger partial charge on any atom is 0.324 e. The van der Waals surface area contributed by atoms with Gasteiger partial charge in [0.2, 0.25) is 0 Å². The SMILES string of the molecule is CC(C)c1[nH]n2c(nc3cc(Cl)c(Cl)cc32)c1N=NC1(C)C(S(=O)O)C=NN1CC(=O)O. The number of hydrazone groups is 1. The number of rotatable bonds is 6. The number of aromatic amines is 1. The van der Waals surface area contributed by atoms with Crippen molar-refractivity contribution in [2.75, 3.05) is 6.54 Å². The molecule has 170 valence electrons. The zero-order valence-electron chi connectivity index (χ0n) is 17.2. The summed E-state index contributed by atoms with van der Waals surface area (Å²) in [7, 11) is 0. The molecule has 0 bridgehead atoms. The van der Waals surface area contributed by atoms with Gasteiger partial charge in [-0.25, -0.2) is 13.7 Å². The highest BCUT2D eigenvalue weighted by molar-refractivity contribution is 7.80. The highest BCUT2D eigenvalue weighted by Gasteiger charge is 2.48. The molecule has 0 radical (unpaired) electrons. The molecule has 1 aliphatic heterocycles. The fourth-order valence-electron chi connectivity index (χ4n) is 3.52. The van der Waals surface area contributed by atoms with Gasteiger partial charge in [0.25, 0.3) is 0 Å². The van der Waals surface area contributed by atoms with Gasteiger partial charge in [-0.3, -0.25) is 14.9 Å². The lowest BCUT2D eigenvalue weighted by molar-refractivity contribution is -0.139. The molecular formula is C18H19Cl2N7O4S. The number of aliphatic carboxylic acids is 1. The van der Waals surface area contributed by atoms with Crippen LogP contribution in [0.5, 0.6) is 0 Å². The number of imidazole rings is 1. The van der Waals surface area contributed by atoms with Crippen LogP contribution in [0.15, 0.2) is 27.5 Å². The smallest absolute Gasteiger partial charge is 0.324 e. The molecule has 2 aromatic heterocycles. The van der Waals surface area contributed by atoms with Crippen LogP contribution in [0, 0.1) is 0 Å². The van der Waals surface area contributed by atoms with E-state index in [1.54, 1.807) is 16.6 Å². The summed E-state index contributed by atoms with van der Waals surface area (Å²) >= 11 is 9.94. The van der Waals surface area contributed by atoms with Crippen LogP contribution in [0.3, 0.4) is 0 Å². The minimum atomic E-state index is -2.35. The Morgan fingerprint density at radius 1 is 1.38 bits per heavy atom. The summed E-state index contributed by atoms with van der Waals surface area (Å²) in [5.41, 5.74) is 1.39. The maximum atomic E-state index is 11.9. The van der Waals surface area contributed by atoms with Gasteiger partial charge in [-0.2, -0.15) is 10.2 Å². The summed E-state index contributed by atoms with van der Waals surface area (Å²) in [5.74, 6) is -1.15. The first-order valence-electron chi connectivity index (χ1n) is 9.48. The van der Waals surface area contributed by atoms with E-state index in [-0.39, 0.29) is 5.92 Å². The van der Waals surface area contributed by atoms with E-state index in [0.717, 1.165) is 10.7 Å². The molecule has 3 atom stereocenters. The van der Waals surface area contributed by atoms with Crippen molar-refractivity contribution in [2.24, 2.45) is 15.3 Å². The van der Waals surface area contributed by atoms with Crippen molar-refractivity contribution in [2.45, 2.75) is 37.6 Å². The zero-order valence-corrected chi connectivity index (χ0v) is 19.5. The van der Waals surface area contributed by atoms with Gasteiger partial charge >= 0.3 is 5.97 Å². The van der Waals surface area contributed by atoms with Gasteiger partial charge in [0.15, 0.2) is 28.1 Å². The first kappa shape index (κ1) is 22.6. The van der Waals surface area contributed by atoms with Crippen molar-refractivity contribution >= 4 is 68.8 Å². The Labute approximate surface area is 194 Å². The molecule has 0 amide bonds. The number of hydrogen-bond acceptors (Lipinski definition) is 7. The third-order valence-electron chi connectivity index (χ3n) is 5.23. The molecular weight excluding hydrogens is 481 g/mol. The van der Waals surface area contributed by atoms with E-state index in [2.05, 4.69) is 25.4 Å². The first-order chi connectivity index (χ1) is 15.0. The number of hydrogen-bond donors (Lipinski definition) is 3. The van der Waals surface area contributed by atoms with Crippen LogP contribution in [-0.2, 0) is 15.9 Å². The van der Waals surface area contributed by atoms with Crippen LogP contribution in [0.1, 0.15) is 32.4 Å². The number of nitrogens with zero attached hydrogens (tertiary/aromatic N) is 6. The standard InChI is InChI=1S/C18H19Cl2N7O4S/c1-8(2)15-16(17-22-11-4-9(19)10(20)5-12(11)27(17)24-15)23-25-18(3)13(32(30)31)6-21-26(18)7-14(28)29/h4-6,8,13,24H,7H2,1-3H3,(H,28,29)(H,30,31). The Bertz CT molecular complexity index is 1320. The molecule has 4 rings (SSSR count). The quantitative estimate of drug-likeness (QED) is 0.344. The number of halogens is 2. The molecule has 1 aliphatic rings. The van der Waals surface area contributed by atoms with E-state index < -0.39 is 34.5 Å². The Hall–Kier alpha value is -2.54. The average Bonchev–Trinajstić information content (AvgIpc) is 3.32. The van der Waals surface area contributed by atoms with Crippen molar-refractivity contribution < 1.29 is 18.7 Å². The van der Waals surface area contributed by atoms with E-state index >= 15 is 0 Å². The lowest BCUT2D eigenvalue weighted by Crippen LogP contribution is -2.49. The number of carboxylic acid groups (broad SMARTS) is 1. The monoisotopic (exact) mass is 499 g/mol. The minimum absolute atomic E-state index is 0.00833. The number of nitrogens with one attached hydrogen (secondary N) is 1. The van der Waals surface area contributed by atoms with Gasteiger partial charge in [0, 0.05) is 6.21 Å². The fourth-order valence-corrected chi connectivity index (χ4v) is 4.54. The van der Waals surface area contributed by atoms with Gasteiger partial charge in [-0.1, -0.05) is 37.0 Å². The number of benzene rings is 1. The van der Waals surface area contributed by atoms with E-state index in [1.807, 2.05) is 13.8 Å². The summed E-state index contributed by atoms with van der Waals surface area (Å²) in [5, 5.41) is 25.9. The van der Waals surface area contributed by atoms with E-state index in [1.165, 1.54) is 13.1 Å². The van der Waals surface area contributed by atoms with Gasteiger partial charge in [-0.15, -0.1) is 5.11 Å². The molecule has 11 nitrogen and oxygen atoms in total. The number of fused-ring (bicyclic) bond motifs is 3. The molecule has 0 fully saturated rings. The number of azo groups is 1. The van der Waals surface area contributed by atoms with Crippen LogP contribution in [0.25, 0.3) is 16.7 Å². The number of aromatic nitrogens is 3. The molecule has 1 aromatic carbocycles. The summed E-state index contributed by atoms with van der Waals surface area (Å²) in [4.78, 5) is 15.9. The van der Waals surface area contributed by atoms with Crippen LogP contribution >= 0.6 is 23.2 Å². The molecule has 3 N–H and O–H groups in total. The topological polar surface area (TPSA) is 148 Å². The van der Waals surface area contributed by atoms with Gasteiger partial charge in [-0.05, 0) is 25.0 Å². The largest absolute Gasteiger partial charge is 0.480 e. The van der Waals surface area contributed by atoms with Gasteiger partial charge < -0.3 is 9.66 Å². The lowest BCUT2D eigenvalue weighted by Gasteiger charge is -2.31. The summed E-state index contributed by atoms with van der Waals surface area (Å²) in [6, 6.07) is 3.33. The Kier molecular flexibility index (Phi) is 5.74. The maximum absolute atomic E-state index is 11.9. The molecule has 3 unspecified atom stereocenters. The van der Waals surface area contributed by atoms with Crippen molar-refractivity contribution in [1.82, 2.24) is 19.6 Å². The Balaban J connectivity index is 1.87. The highest BCUT2D eigenvalue weighted by Crippen LogP contribution is 2.37. The molecule has 32 heavy (non-hydrogen) atoms. The summed E-state index contributed by atoms with van der Waals surface area (Å²) in [6.07, 6.45) is 1.21. The molecule has 0 saturated carbocycles. The van der Waals surface area contributed by atoms with E-state index in [4.69, 9.17) is 23.2 Å². The van der Waals surface area contributed by atoms with Crippen LogP contribution in [0.4, 0.5) is 5.69 Å². The van der Waals surface area contributed by atoms with Crippen LogP contribution in [-0.4, -0.2) is 63.1 Å². The van der Waals surface area contributed by atoms with E-state index in [0.29, 0.717) is 32.4 Å². The summed E-state index contributed by atoms with van der Waals surface area (Å²) in [6.45, 7) is 4.91. The number of H-pyrrole nitrogens is 1. The van der Waals surface area contributed by atoms with Crippen LogP contribution in [0.2, 0.25) is 10.0 Å². The predicted molar refractivity (Wildman–Crippen MR) is 121 cm³/mol. The summed E-state index contributed by atoms with van der Waals surface area (Å²) < 4.78 is 23.3. The molecule has 0 spiro atoms. The normalized spacial score (nSPS) is 22.2. The van der Waals surface area contributed by atoms with E-state index in [9.17, 15) is 18.7 Å². The van der Waals surface area contributed by atoms with Gasteiger partial charge in [0.05, 0.1) is 26.8 Å². The van der Waals surface area contributed by atoms with Crippen molar-refractivity contribution in [3.8, 4) is 0 Å². The molecule has 0 saturated heterocycles. The number of carbonyl (C=O) groups is 1. The fraction of sp³-hybridized carbons (Fsp3) is 0.389.